The number of aromatic nitrogens is 2. The molecule has 0 unspecified atom stereocenters. The molecule has 0 spiro atoms. The maximum Gasteiger partial charge on any atom is 0.341 e. The fourth-order valence-electron chi connectivity index (χ4n) is 1.68. The molecule has 0 radical (unpaired) electrons. The van der Waals surface area contributed by atoms with Crippen LogP contribution in [0, 0.1) is 10.1 Å². The van der Waals surface area contributed by atoms with Gasteiger partial charge in [0.1, 0.15) is 5.56 Å². The second-order valence-electron chi connectivity index (χ2n) is 3.98. The number of carboxylic acid groups (broad SMARTS) is 1. The van der Waals surface area contributed by atoms with Gasteiger partial charge in [0.05, 0.1) is 10.6 Å². The number of rotatable bonds is 3. The van der Waals surface area contributed by atoms with Crippen molar-refractivity contribution in [3.8, 4) is 11.3 Å². The Labute approximate surface area is 112 Å². The van der Waals surface area contributed by atoms with Crippen molar-refractivity contribution >= 4 is 11.7 Å². The maximum absolute atomic E-state index is 11.6. The van der Waals surface area contributed by atoms with E-state index in [1.807, 2.05) is 0 Å². The minimum absolute atomic E-state index is 0.143. The zero-order valence-corrected chi connectivity index (χ0v) is 10.3. The number of hydrogen-bond acceptors (Lipinski definition) is 5. The monoisotopic (exact) mass is 275 g/mol. The third kappa shape index (κ3) is 2.39. The van der Waals surface area contributed by atoms with Crippen LogP contribution in [0.25, 0.3) is 11.3 Å². The second kappa shape index (κ2) is 4.92. The minimum atomic E-state index is -1.38. The van der Waals surface area contributed by atoms with E-state index in [1.54, 1.807) is 6.07 Å². The number of carboxylic acids is 1. The highest BCUT2D eigenvalue weighted by Crippen LogP contribution is 2.21. The van der Waals surface area contributed by atoms with Gasteiger partial charge in [0.25, 0.3) is 11.2 Å². The molecule has 8 nitrogen and oxygen atoms in total. The molecule has 20 heavy (non-hydrogen) atoms. The van der Waals surface area contributed by atoms with Crippen LogP contribution < -0.4 is 5.56 Å². The summed E-state index contributed by atoms with van der Waals surface area (Å²) < 4.78 is 0.887. The topological polar surface area (TPSA) is 115 Å². The van der Waals surface area contributed by atoms with Crippen LogP contribution in [0.2, 0.25) is 0 Å². The molecular formula is C12H9N3O5. The Morgan fingerprint density at radius 1 is 1.40 bits per heavy atom. The summed E-state index contributed by atoms with van der Waals surface area (Å²) in [5.74, 6) is -1.38. The Kier molecular flexibility index (Phi) is 3.30. The van der Waals surface area contributed by atoms with Crippen molar-refractivity contribution in [1.82, 2.24) is 9.78 Å². The van der Waals surface area contributed by atoms with Gasteiger partial charge in [0, 0.05) is 24.7 Å². The van der Waals surface area contributed by atoms with Crippen molar-refractivity contribution in [2.45, 2.75) is 0 Å². The number of nitro benzene ring substituents is 1. The van der Waals surface area contributed by atoms with Crippen molar-refractivity contribution in [3.63, 3.8) is 0 Å². The fourth-order valence-corrected chi connectivity index (χ4v) is 1.68. The molecule has 0 aliphatic heterocycles. The quantitative estimate of drug-likeness (QED) is 0.661. The number of carbonyl (C=O) groups is 1. The second-order valence-corrected chi connectivity index (χ2v) is 3.98. The van der Waals surface area contributed by atoms with Gasteiger partial charge in [0.15, 0.2) is 0 Å². The number of nitro groups is 1. The first kappa shape index (κ1) is 13.4. The highest BCUT2D eigenvalue weighted by Gasteiger charge is 2.15. The number of nitrogens with zero attached hydrogens (tertiary/aromatic N) is 3. The van der Waals surface area contributed by atoms with Crippen LogP contribution in [0.5, 0.6) is 0 Å². The zero-order chi connectivity index (χ0) is 14.9. The number of aromatic carboxylic acids is 1. The molecule has 0 saturated carbocycles. The Hall–Kier alpha value is -3.03. The minimum Gasteiger partial charge on any atom is -0.477 e. The first-order valence-electron chi connectivity index (χ1n) is 5.46. The van der Waals surface area contributed by atoms with Crippen molar-refractivity contribution < 1.29 is 14.8 Å². The molecule has 0 atom stereocenters. The zero-order valence-electron chi connectivity index (χ0n) is 10.3. The van der Waals surface area contributed by atoms with E-state index in [1.165, 1.54) is 25.2 Å². The average molecular weight is 275 g/mol. The molecule has 8 heteroatoms. The lowest BCUT2D eigenvalue weighted by molar-refractivity contribution is -0.384. The van der Waals surface area contributed by atoms with E-state index in [0.717, 1.165) is 10.7 Å². The van der Waals surface area contributed by atoms with E-state index >= 15 is 0 Å². The third-order valence-corrected chi connectivity index (χ3v) is 2.65. The molecular weight excluding hydrogens is 266 g/mol. The van der Waals surface area contributed by atoms with Crippen molar-refractivity contribution in [1.29, 1.82) is 0 Å². The summed E-state index contributed by atoms with van der Waals surface area (Å²) in [5.41, 5.74) is -0.795. The van der Waals surface area contributed by atoms with Gasteiger partial charge in [-0.3, -0.25) is 14.9 Å². The third-order valence-electron chi connectivity index (χ3n) is 2.65. The molecule has 2 aromatic rings. The Balaban J connectivity index is 2.64. The van der Waals surface area contributed by atoms with E-state index in [2.05, 4.69) is 5.10 Å². The molecule has 0 bridgehead atoms. The highest BCUT2D eigenvalue weighted by molar-refractivity contribution is 5.88. The molecule has 1 N–H and O–H groups in total. The van der Waals surface area contributed by atoms with Gasteiger partial charge in [-0.05, 0) is 6.07 Å². The van der Waals surface area contributed by atoms with Gasteiger partial charge in [0.2, 0.25) is 0 Å². The van der Waals surface area contributed by atoms with Crippen LogP contribution in [-0.4, -0.2) is 25.8 Å². The molecule has 102 valence electrons. The van der Waals surface area contributed by atoms with Crippen molar-refractivity contribution in [2.75, 3.05) is 0 Å². The standard InChI is InChI=1S/C12H9N3O5/c1-14-11(16)9(12(17)18)6-10(13-14)7-3-2-4-8(5-7)15(19)20/h2-6H,1H3,(H,17,18). The molecule has 1 aromatic carbocycles. The summed E-state index contributed by atoms with van der Waals surface area (Å²) in [5, 5.41) is 23.6. The number of hydrogen-bond donors (Lipinski definition) is 1. The van der Waals surface area contributed by atoms with Gasteiger partial charge in [-0.25, -0.2) is 9.48 Å². The molecule has 0 aliphatic carbocycles. The van der Waals surface area contributed by atoms with Crippen molar-refractivity contribution in [3.05, 3.63) is 56.4 Å². The molecule has 0 saturated heterocycles. The summed E-state index contributed by atoms with van der Waals surface area (Å²) >= 11 is 0. The maximum atomic E-state index is 11.6. The molecule has 2 rings (SSSR count). The SMILES string of the molecule is Cn1nc(-c2cccc([N+](=O)[O-])c2)cc(C(=O)O)c1=O. The van der Waals surface area contributed by atoms with Crippen LogP contribution in [0.1, 0.15) is 10.4 Å². The Morgan fingerprint density at radius 2 is 2.10 bits per heavy atom. The van der Waals surface area contributed by atoms with E-state index in [9.17, 15) is 19.7 Å². The lowest BCUT2D eigenvalue weighted by Gasteiger charge is -2.05. The van der Waals surface area contributed by atoms with Crippen LogP contribution in [0.4, 0.5) is 5.69 Å². The summed E-state index contributed by atoms with van der Waals surface area (Å²) in [4.78, 5) is 32.7. The first-order chi connectivity index (χ1) is 9.40. The number of non-ortho nitro benzene ring substituents is 1. The van der Waals surface area contributed by atoms with Gasteiger partial charge in [-0.1, -0.05) is 12.1 Å². The van der Waals surface area contributed by atoms with Crippen LogP contribution in [0.15, 0.2) is 35.1 Å². The van der Waals surface area contributed by atoms with E-state index in [-0.39, 0.29) is 11.4 Å². The Morgan fingerprint density at radius 3 is 2.70 bits per heavy atom. The van der Waals surface area contributed by atoms with Crippen LogP contribution in [0.3, 0.4) is 0 Å². The smallest absolute Gasteiger partial charge is 0.341 e. The van der Waals surface area contributed by atoms with Gasteiger partial charge >= 0.3 is 5.97 Å². The predicted octanol–water partition coefficient (Wildman–Crippen LogP) is 1.05. The van der Waals surface area contributed by atoms with Gasteiger partial charge < -0.3 is 5.11 Å². The predicted molar refractivity (Wildman–Crippen MR) is 68.5 cm³/mol. The summed E-state index contributed by atoms with van der Waals surface area (Å²) in [6.45, 7) is 0. The fraction of sp³-hybridized carbons (Fsp3) is 0.0833. The van der Waals surface area contributed by atoms with Gasteiger partial charge in [-0.2, -0.15) is 5.10 Å². The average Bonchev–Trinajstić information content (AvgIpc) is 2.41. The largest absolute Gasteiger partial charge is 0.477 e. The molecule has 0 amide bonds. The first-order valence-corrected chi connectivity index (χ1v) is 5.46. The van der Waals surface area contributed by atoms with Crippen LogP contribution in [-0.2, 0) is 7.05 Å². The normalized spacial score (nSPS) is 10.2. The molecule has 1 heterocycles. The molecule has 1 aromatic heterocycles. The van der Waals surface area contributed by atoms with Crippen LogP contribution >= 0.6 is 0 Å². The van der Waals surface area contributed by atoms with E-state index in [4.69, 9.17) is 5.11 Å². The highest BCUT2D eigenvalue weighted by atomic mass is 16.6. The van der Waals surface area contributed by atoms with E-state index in [0.29, 0.717) is 5.56 Å². The summed E-state index contributed by atoms with van der Waals surface area (Å²) in [6, 6.07) is 6.68. The van der Waals surface area contributed by atoms with Crippen molar-refractivity contribution in [2.24, 2.45) is 7.05 Å². The summed E-state index contributed by atoms with van der Waals surface area (Å²) in [7, 11) is 1.32. The Bertz CT molecular complexity index is 766. The number of benzene rings is 1. The molecule has 0 fully saturated rings. The number of aryl methyl sites for hydroxylation is 1. The lowest BCUT2D eigenvalue weighted by atomic mass is 10.1. The molecule has 0 aliphatic rings. The summed E-state index contributed by atoms with van der Waals surface area (Å²) in [6.07, 6.45) is 0. The lowest BCUT2D eigenvalue weighted by Crippen LogP contribution is -2.26. The van der Waals surface area contributed by atoms with Gasteiger partial charge in [-0.15, -0.1) is 0 Å². The van der Waals surface area contributed by atoms with E-state index < -0.39 is 22.0 Å².